The van der Waals surface area contributed by atoms with Crippen molar-refractivity contribution in [3.8, 4) is 0 Å². The number of rotatable bonds is 9. The van der Waals surface area contributed by atoms with E-state index in [1.54, 1.807) is 18.2 Å². The minimum absolute atomic E-state index is 0.0451. The number of carbonyl (C=O) groups excluding carboxylic acids is 1. The van der Waals surface area contributed by atoms with E-state index in [1.165, 1.54) is 39.7 Å². The SMILES string of the molecule is CO/C=C(/C(=O)OC)c1cccc(Cl)c1CO/N=C(\COC)c1cccc(F)c1F. The molecule has 160 valence electrons. The van der Waals surface area contributed by atoms with Crippen molar-refractivity contribution in [3.63, 3.8) is 0 Å². The molecule has 0 amide bonds. The fraction of sp³-hybridized carbons (Fsp3) is 0.238. The van der Waals surface area contributed by atoms with E-state index in [4.69, 9.17) is 30.6 Å². The topological polar surface area (TPSA) is 66.4 Å². The van der Waals surface area contributed by atoms with Crippen molar-refractivity contribution >= 4 is 28.9 Å². The number of nitrogens with zero attached hydrogens (tertiary/aromatic N) is 1. The maximum atomic E-state index is 14.1. The molecular formula is C21H20ClF2NO5. The first-order valence-electron chi connectivity index (χ1n) is 8.65. The van der Waals surface area contributed by atoms with E-state index >= 15 is 0 Å². The highest BCUT2D eigenvalue weighted by Crippen LogP contribution is 2.28. The predicted molar refractivity (Wildman–Crippen MR) is 108 cm³/mol. The van der Waals surface area contributed by atoms with Crippen molar-refractivity contribution in [1.29, 1.82) is 0 Å². The Morgan fingerprint density at radius 1 is 1.10 bits per heavy atom. The molecule has 0 saturated heterocycles. The number of halogens is 3. The van der Waals surface area contributed by atoms with Crippen molar-refractivity contribution in [2.75, 3.05) is 27.9 Å². The number of esters is 1. The Morgan fingerprint density at radius 2 is 1.80 bits per heavy atom. The lowest BCUT2D eigenvalue weighted by Gasteiger charge is -2.13. The summed E-state index contributed by atoms with van der Waals surface area (Å²) in [6, 6.07) is 8.60. The molecule has 0 aliphatic rings. The number of hydrogen-bond donors (Lipinski definition) is 0. The smallest absolute Gasteiger partial charge is 0.341 e. The lowest BCUT2D eigenvalue weighted by atomic mass is 10.0. The van der Waals surface area contributed by atoms with Gasteiger partial charge in [0, 0.05) is 28.8 Å². The van der Waals surface area contributed by atoms with Crippen LogP contribution in [0.15, 0.2) is 47.8 Å². The largest absolute Gasteiger partial charge is 0.503 e. The molecule has 0 fully saturated rings. The summed E-state index contributed by atoms with van der Waals surface area (Å²) >= 11 is 6.28. The minimum Gasteiger partial charge on any atom is -0.503 e. The van der Waals surface area contributed by atoms with Crippen LogP contribution in [0.25, 0.3) is 5.57 Å². The van der Waals surface area contributed by atoms with Crippen LogP contribution in [-0.4, -0.2) is 39.6 Å². The molecule has 0 radical (unpaired) electrons. The monoisotopic (exact) mass is 439 g/mol. The van der Waals surface area contributed by atoms with Gasteiger partial charge in [-0.1, -0.05) is 35.0 Å². The van der Waals surface area contributed by atoms with Gasteiger partial charge in [0.15, 0.2) is 11.6 Å². The Kier molecular flexibility index (Phi) is 8.76. The van der Waals surface area contributed by atoms with Crippen molar-refractivity contribution < 1.29 is 32.6 Å². The Balaban J connectivity index is 2.37. The van der Waals surface area contributed by atoms with E-state index in [1.807, 2.05) is 0 Å². The van der Waals surface area contributed by atoms with E-state index in [0.717, 1.165) is 6.07 Å². The van der Waals surface area contributed by atoms with Crippen LogP contribution in [0.3, 0.4) is 0 Å². The van der Waals surface area contributed by atoms with Gasteiger partial charge < -0.3 is 19.0 Å². The van der Waals surface area contributed by atoms with E-state index in [2.05, 4.69) is 5.16 Å². The Morgan fingerprint density at radius 3 is 2.47 bits per heavy atom. The van der Waals surface area contributed by atoms with Crippen LogP contribution in [0.1, 0.15) is 16.7 Å². The zero-order chi connectivity index (χ0) is 22.1. The number of hydrogen-bond acceptors (Lipinski definition) is 6. The average molecular weight is 440 g/mol. The Hall–Kier alpha value is -2.97. The molecular weight excluding hydrogens is 420 g/mol. The van der Waals surface area contributed by atoms with Crippen LogP contribution in [0.2, 0.25) is 5.02 Å². The number of oxime groups is 1. The summed E-state index contributed by atoms with van der Waals surface area (Å²) in [7, 11) is 4.01. The van der Waals surface area contributed by atoms with Gasteiger partial charge in [-0.05, 0) is 18.2 Å². The first-order valence-corrected chi connectivity index (χ1v) is 9.03. The highest BCUT2D eigenvalue weighted by Gasteiger charge is 2.20. The first kappa shape index (κ1) is 23.3. The molecule has 2 aromatic rings. The minimum atomic E-state index is -1.06. The third kappa shape index (κ3) is 5.55. The molecule has 9 heteroatoms. The van der Waals surface area contributed by atoms with Gasteiger partial charge in [0.2, 0.25) is 0 Å². The lowest BCUT2D eigenvalue weighted by molar-refractivity contribution is -0.133. The molecule has 0 aliphatic carbocycles. The fourth-order valence-electron chi connectivity index (χ4n) is 2.60. The molecule has 30 heavy (non-hydrogen) atoms. The van der Waals surface area contributed by atoms with Gasteiger partial charge in [-0.2, -0.15) is 0 Å². The van der Waals surface area contributed by atoms with Gasteiger partial charge in [-0.3, -0.25) is 0 Å². The van der Waals surface area contributed by atoms with Crippen LogP contribution in [-0.2, 0) is 30.4 Å². The second kappa shape index (κ2) is 11.3. The van der Waals surface area contributed by atoms with Crippen LogP contribution in [0.5, 0.6) is 0 Å². The molecule has 0 spiro atoms. The van der Waals surface area contributed by atoms with Crippen molar-refractivity contribution in [2.24, 2.45) is 5.16 Å². The Labute approximate surface area is 177 Å². The van der Waals surface area contributed by atoms with Crippen molar-refractivity contribution in [2.45, 2.75) is 6.61 Å². The summed E-state index contributed by atoms with van der Waals surface area (Å²) in [4.78, 5) is 17.5. The molecule has 0 aromatic heterocycles. The molecule has 0 heterocycles. The number of ether oxygens (including phenoxy) is 3. The van der Waals surface area contributed by atoms with E-state index < -0.39 is 17.6 Å². The molecule has 0 atom stereocenters. The molecule has 0 N–H and O–H groups in total. The van der Waals surface area contributed by atoms with Crippen LogP contribution < -0.4 is 0 Å². The summed E-state index contributed by atoms with van der Waals surface area (Å²) < 4.78 is 42.4. The molecule has 0 bridgehead atoms. The van der Waals surface area contributed by atoms with E-state index in [9.17, 15) is 13.6 Å². The summed E-state index contributed by atoms with van der Waals surface area (Å²) in [6.45, 7) is -0.288. The van der Waals surface area contributed by atoms with Gasteiger partial charge in [0.1, 0.15) is 17.9 Å². The molecule has 6 nitrogen and oxygen atoms in total. The highest BCUT2D eigenvalue weighted by molar-refractivity contribution is 6.32. The zero-order valence-electron chi connectivity index (χ0n) is 16.6. The van der Waals surface area contributed by atoms with Crippen LogP contribution in [0, 0.1) is 11.6 Å². The predicted octanol–water partition coefficient (Wildman–Crippen LogP) is 4.35. The zero-order valence-corrected chi connectivity index (χ0v) is 17.3. The maximum absolute atomic E-state index is 14.1. The van der Waals surface area contributed by atoms with Gasteiger partial charge in [0.05, 0.1) is 27.1 Å². The molecule has 0 aliphatic heterocycles. The number of carbonyl (C=O) groups is 1. The van der Waals surface area contributed by atoms with Gasteiger partial charge >= 0.3 is 5.97 Å². The highest BCUT2D eigenvalue weighted by atomic mass is 35.5. The number of benzene rings is 2. The lowest BCUT2D eigenvalue weighted by Crippen LogP contribution is -2.13. The second-order valence-corrected chi connectivity index (χ2v) is 6.28. The normalized spacial score (nSPS) is 11.9. The average Bonchev–Trinajstić information content (AvgIpc) is 2.74. The summed E-state index contributed by atoms with van der Waals surface area (Å²) in [5, 5.41) is 4.20. The standard InChI is InChI=1S/C21H20ClF2NO5/c1-27-10-16(21(26)29-3)13-6-4-8-17(22)15(13)11-30-25-19(12-28-2)14-7-5-9-18(23)20(14)24/h4-10H,11-12H2,1-3H3/b16-10+,25-19+. The number of methoxy groups -OCH3 is 3. The van der Waals surface area contributed by atoms with E-state index in [-0.39, 0.29) is 30.1 Å². The molecule has 0 saturated carbocycles. The first-order chi connectivity index (χ1) is 14.4. The summed E-state index contributed by atoms with van der Waals surface area (Å²) in [5.41, 5.74) is 0.914. The molecule has 2 aromatic carbocycles. The van der Waals surface area contributed by atoms with Gasteiger partial charge in [0.25, 0.3) is 0 Å². The fourth-order valence-corrected chi connectivity index (χ4v) is 2.83. The summed E-state index contributed by atoms with van der Waals surface area (Å²) in [5.74, 6) is -2.71. The maximum Gasteiger partial charge on any atom is 0.341 e. The molecule has 0 unspecified atom stereocenters. The van der Waals surface area contributed by atoms with Crippen molar-refractivity contribution in [1.82, 2.24) is 0 Å². The summed E-state index contributed by atoms with van der Waals surface area (Å²) in [6.07, 6.45) is 1.22. The van der Waals surface area contributed by atoms with Crippen molar-refractivity contribution in [3.05, 3.63) is 76.0 Å². The van der Waals surface area contributed by atoms with Crippen LogP contribution >= 0.6 is 11.6 Å². The van der Waals surface area contributed by atoms with Gasteiger partial charge in [-0.25, -0.2) is 13.6 Å². The quantitative estimate of drug-likeness (QED) is 0.191. The van der Waals surface area contributed by atoms with E-state index in [0.29, 0.717) is 16.1 Å². The van der Waals surface area contributed by atoms with Gasteiger partial charge in [-0.15, -0.1) is 0 Å². The third-order valence-electron chi connectivity index (χ3n) is 3.98. The third-order valence-corrected chi connectivity index (χ3v) is 4.33. The second-order valence-electron chi connectivity index (χ2n) is 5.87. The Bertz CT molecular complexity index is 962. The van der Waals surface area contributed by atoms with Crippen LogP contribution in [0.4, 0.5) is 8.78 Å². The molecule has 2 rings (SSSR count).